The second-order valence-electron chi connectivity index (χ2n) is 7.51. The van der Waals surface area contributed by atoms with Gasteiger partial charge in [-0.25, -0.2) is 4.98 Å². The first kappa shape index (κ1) is 23.5. The number of fused-ring (bicyclic) bond motifs is 1. The molecule has 30 heavy (non-hydrogen) atoms. The van der Waals surface area contributed by atoms with Crippen LogP contribution in [0.1, 0.15) is 30.4 Å². The van der Waals surface area contributed by atoms with Crippen LogP contribution in [-0.2, 0) is 9.53 Å². The molecule has 2 atom stereocenters. The zero-order valence-electron chi connectivity index (χ0n) is 17.4. The highest BCUT2D eigenvalue weighted by atomic mass is 16.5. The summed E-state index contributed by atoms with van der Waals surface area (Å²) in [6.07, 6.45) is 1.37. The Morgan fingerprint density at radius 3 is 2.77 bits per heavy atom. The summed E-state index contributed by atoms with van der Waals surface area (Å²) >= 11 is 0. The first-order chi connectivity index (χ1) is 14.5. The first-order valence-corrected chi connectivity index (χ1v) is 9.88. The number of hydrogen-bond acceptors (Lipinski definition) is 7. The molecule has 0 bridgehead atoms. The number of methoxy groups -OCH3 is 1. The number of pyridine rings is 1. The standard InChI is InChI=1S/C21H27N3O3.CH2O2/c1-15-16-6-3-4-7-18(16)23-20(17(15)12-22)24-10-8-19(26)21(13-24,14-25)9-5-11-27-2;2-1-3/h3-4,6-7,19,25-26H,5,8-11,13-14H2,1-2H3;1H,(H,2,3)/t19-,21+;/m1./s1. The number of carboxylic acid groups (broad SMARTS) is 1. The number of aromatic nitrogens is 1. The van der Waals surface area contributed by atoms with Gasteiger partial charge in [0.15, 0.2) is 0 Å². The molecule has 2 heterocycles. The summed E-state index contributed by atoms with van der Waals surface area (Å²) < 4.78 is 5.14. The number of rotatable bonds is 6. The molecule has 1 aromatic carbocycles. The molecule has 1 aliphatic rings. The van der Waals surface area contributed by atoms with Gasteiger partial charge in [0.25, 0.3) is 6.47 Å². The number of carbonyl (C=O) groups is 1. The number of anilines is 1. The van der Waals surface area contributed by atoms with E-state index in [1.165, 1.54) is 0 Å². The third-order valence-electron chi connectivity index (χ3n) is 5.77. The van der Waals surface area contributed by atoms with Crippen molar-refractivity contribution in [3.8, 4) is 6.07 Å². The molecule has 1 saturated heterocycles. The van der Waals surface area contributed by atoms with Gasteiger partial charge in [-0.3, -0.25) is 4.79 Å². The quantitative estimate of drug-likeness (QED) is 0.483. The van der Waals surface area contributed by atoms with Gasteiger partial charge in [-0.15, -0.1) is 0 Å². The van der Waals surface area contributed by atoms with E-state index in [9.17, 15) is 15.5 Å². The molecule has 8 heteroatoms. The number of ether oxygens (including phenoxy) is 1. The van der Waals surface area contributed by atoms with Gasteiger partial charge in [-0.2, -0.15) is 5.26 Å². The maximum atomic E-state index is 10.6. The minimum Gasteiger partial charge on any atom is -0.483 e. The van der Waals surface area contributed by atoms with E-state index < -0.39 is 11.5 Å². The van der Waals surface area contributed by atoms with Crippen LogP contribution in [0, 0.1) is 23.7 Å². The van der Waals surface area contributed by atoms with Crippen molar-refractivity contribution in [2.45, 2.75) is 32.3 Å². The fraction of sp³-hybridized carbons (Fsp3) is 0.500. The van der Waals surface area contributed by atoms with E-state index in [4.69, 9.17) is 19.6 Å². The summed E-state index contributed by atoms with van der Waals surface area (Å²) in [5.74, 6) is 0.644. The maximum Gasteiger partial charge on any atom is 0.290 e. The van der Waals surface area contributed by atoms with Crippen LogP contribution in [0.5, 0.6) is 0 Å². The highest BCUT2D eigenvalue weighted by molar-refractivity contribution is 5.87. The predicted octanol–water partition coefficient (Wildman–Crippen LogP) is 2.09. The van der Waals surface area contributed by atoms with Crippen LogP contribution in [0.4, 0.5) is 5.82 Å². The van der Waals surface area contributed by atoms with Gasteiger partial charge < -0.3 is 25.0 Å². The van der Waals surface area contributed by atoms with Crippen molar-refractivity contribution in [3.05, 3.63) is 35.4 Å². The van der Waals surface area contributed by atoms with E-state index in [0.29, 0.717) is 43.9 Å². The van der Waals surface area contributed by atoms with Crippen LogP contribution in [-0.4, -0.2) is 66.3 Å². The van der Waals surface area contributed by atoms with Crippen LogP contribution in [0.15, 0.2) is 24.3 Å². The number of aryl methyl sites for hydroxylation is 1. The summed E-state index contributed by atoms with van der Waals surface area (Å²) in [4.78, 5) is 15.2. The average Bonchev–Trinajstić information content (AvgIpc) is 2.76. The minimum absolute atomic E-state index is 0.108. The van der Waals surface area contributed by atoms with Gasteiger partial charge in [0, 0.05) is 37.6 Å². The van der Waals surface area contributed by atoms with Crippen molar-refractivity contribution in [1.82, 2.24) is 4.98 Å². The van der Waals surface area contributed by atoms with Crippen LogP contribution >= 0.6 is 0 Å². The van der Waals surface area contributed by atoms with E-state index in [1.807, 2.05) is 36.1 Å². The molecule has 0 spiro atoms. The van der Waals surface area contributed by atoms with E-state index in [-0.39, 0.29) is 13.1 Å². The topological polar surface area (TPSA) is 127 Å². The molecule has 3 rings (SSSR count). The number of aliphatic hydroxyl groups is 2. The number of para-hydroxylation sites is 1. The summed E-state index contributed by atoms with van der Waals surface area (Å²) in [5.41, 5.74) is 1.70. The molecule has 0 amide bonds. The van der Waals surface area contributed by atoms with Crippen LogP contribution in [0.2, 0.25) is 0 Å². The molecule has 0 aliphatic carbocycles. The number of benzene rings is 1. The van der Waals surface area contributed by atoms with Crippen molar-refractivity contribution >= 4 is 23.2 Å². The number of piperidine rings is 1. The van der Waals surface area contributed by atoms with Crippen molar-refractivity contribution in [1.29, 1.82) is 5.26 Å². The molecule has 2 aromatic rings. The summed E-state index contributed by atoms with van der Waals surface area (Å²) in [7, 11) is 1.65. The Kier molecular flexibility index (Phi) is 8.54. The molecule has 0 unspecified atom stereocenters. The van der Waals surface area contributed by atoms with Gasteiger partial charge in [-0.1, -0.05) is 18.2 Å². The Morgan fingerprint density at radius 2 is 2.13 bits per heavy atom. The Bertz CT molecular complexity index is 898. The van der Waals surface area contributed by atoms with Gasteiger partial charge in [0.05, 0.1) is 23.8 Å². The molecule has 1 aromatic heterocycles. The highest BCUT2D eigenvalue weighted by Gasteiger charge is 2.42. The number of nitrogens with zero attached hydrogens (tertiary/aromatic N) is 3. The summed E-state index contributed by atoms with van der Waals surface area (Å²) in [6, 6.07) is 10.1. The van der Waals surface area contributed by atoms with Crippen LogP contribution < -0.4 is 4.90 Å². The lowest BCUT2D eigenvalue weighted by Gasteiger charge is -2.46. The monoisotopic (exact) mass is 415 g/mol. The van der Waals surface area contributed by atoms with E-state index >= 15 is 0 Å². The van der Waals surface area contributed by atoms with Gasteiger partial charge >= 0.3 is 0 Å². The predicted molar refractivity (Wildman–Crippen MR) is 113 cm³/mol. The fourth-order valence-electron chi connectivity index (χ4n) is 4.10. The molecule has 0 radical (unpaired) electrons. The number of nitriles is 1. The van der Waals surface area contributed by atoms with E-state index in [1.54, 1.807) is 7.11 Å². The zero-order valence-corrected chi connectivity index (χ0v) is 17.4. The number of hydrogen-bond donors (Lipinski definition) is 3. The Balaban J connectivity index is 0.00000101. The normalized spacial score (nSPS) is 20.9. The van der Waals surface area contributed by atoms with Gasteiger partial charge in [-0.05, 0) is 37.8 Å². The third kappa shape index (κ3) is 4.87. The molecular formula is C22H29N3O5. The Labute approximate surface area is 176 Å². The lowest BCUT2D eigenvalue weighted by Crippen LogP contribution is -2.54. The molecule has 1 aliphatic heterocycles. The van der Waals surface area contributed by atoms with Crippen LogP contribution in [0.3, 0.4) is 0 Å². The Hall–Kier alpha value is -2.73. The van der Waals surface area contributed by atoms with E-state index in [0.717, 1.165) is 22.9 Å². The zero-order chi connectivity index (χ0) is 22.1. The molecule has 0 saturated carbocycles. The Morgan fingerprint density at radius 1 is 1.43 bits per heavy atom. The third-order valence-corrected chi connectivity index (χ3v) is 5.77. The van der Waals surface area contributed by atoms with Crippen molar-refractivity contribution in [3.63, 3.8) is 0 Å². The molecule has 8 nitrogen and oxygen atoms in total. The van der Waals surface area contributed by atoms with Crippen LogP contribution in [0.25, 0.3) is 10.9 Å². The fourth-order valence-corrected chi connectivity index (χ4v) is 4.10. The highest BCUT2D eigenvalue weighted by Crippen LogP contribution is 2.38. The molecule has 1 fully saturated rings. The van der Waals surface area contributed by atoms with Gasteiger partial charge in [0.1, 0.15) is 11.9 Å². The lowest BCUT2D eigenvalue weighted by molar-refractivity contribution is -0.122. The van der Waals surface area contributed by atoms with Crippen molar-refractivity contribution in [2.24, 2.45) is 5.41 Å². The minimum atomic E-state index is -0.634. The SMILES string of the molecule is COCCC[C@@]1(CO)CN(c2nc3ccccc3c(C)c2C#N)CC[C@H]1O.O=CO. The summed E-state index contributed by atoms with van der Waals surface area (Å²) in [6.45, 7) is 3.25. The molecule has 3 N–H and O–H groups in total. The van der Waals surface area contributed by atoms with Gasteiger partial charge in [0.2, 0.25) is 0 Å². The molecule has 162 valence electrons. The smallest absolute Gasteiger partial charge is 0.290 e. The van der Waals surface area contributed by atoms with Crippen molar-refractivity contribution < 1.29 is 24.9 Å². The second kappa shape index (κ2) is 10.9. The lowest BCUT2D eigenvalue weighted by atomic mass is 9.74. The van der Waals surface area contributed by atoms with E-state index in [2.05, 4.69) is 6.07 Å². The summed E-state index contributed by atoms with van der Waals surface area (Å²) in [5, 5.41) is 38.4. The average molecular weight is 415 g/mol. The van der Waals surface area contributed by atoms with Crippen molar-refractivity contribution in [2.75, 3.05) is 38.3 Å². The maximum absolute atomic E-state index is 10.6. The molecular weight excluding hydrogens is 386 g/mol. The second-order valence-corrected chi connectivity index (χ2v) is 7.51. The largest absolute Gasteiger partial charge is 0.483 e. The first-order valence-electron chi connectivity index (χ1n) is 9.88. The number of aliphatic hydroxyl groups excluding tert-OH is 2.